The molecule has 3 nitrogen and oxygen atoms in total. The highest BCUT2D eigenvalue weighted by molar-refractivity contribution is 5.25. The van der Waals surface area contributed by atoms with Gasteiger partial charge in [0.2, 0.25) is 0 Å². The fraction of sp³-hybridized carbons (Fsp3) is 0.312. The van der Waals surface area contributed by atoms with Crippen molar-refractivity contribution in [3.8, 4) is 5.75 Å². The number of benzene rings is 1. The summed E-state index contributed by atoms with van der Waals surface area (Å²) >= 11 is 0. The summed E-state index contributed by atoms with van der Waals surface area (Å²) < 4.78 is 31.6. The van der Waals surface area contributed by atoms with Gasteiger partial charge in [-0.2, -0.15) is 0 Å². The van der Waals surface area contributed by atoms with Crippen LogP contribution in [0.3, 0.4) is 0 Å². The number of hydrogen-bond donors (Lipinski definition) is 1. The lowest BCUT2D eigenvalue weighted by atomic mass is 10.2. The van der Waals surface area contributed by atoms with Gasteiger partial charge in [0.05, 0.1) is 5.69 Å². The number of hydrogen-bond acceptors (Lipinski definition) is 3. The predicted molar refractivity (Wildman–Crippen MR) is 76.9 cm³/mol. The lowest BCUT2D eigenvalue weighted by molar-refractivity contribution is 0.284. The first-order valence-corrected chi connectivity index (χ1v) is 6.91. The predicted octanol–water partition coefficient (Wildman–Crippen LogP) is 3.44. The van der Waals surface area contributed by atoms with Gasteiger partial charge in [-0.25, -0.2) is 8.78 Å². The molecule has 0 spiro atoms. The molecule has 0 aliphatic rings. The van der Waals surface area contributed by atoms with Gasteiger partial charge in [-0.15, -0.1) is 0 Å². The van der Waals surface area contributed by atoms with E-state index in [1.165, 1.54) is 0 Å². The Hall–Kier alpha value is -2.01. The zero-order valence-electron chi connectivity index (χ0n) is 11.9. The summed E-state index contributed by atoms with van der Waals surface area (Å²) in [5.74, 6) is -1.22. The van der Waals surface area contributed by atoms with Crippen molar-refractivity contribution in [1.82, 2.24) is 10.3 Å². The number of nitrogens with one attached hydrogen (secondary N) is 1. The maximum Gasteiger partial charge on any atom is 0.165 e. The van der Waals surface area contributed by atoms with Gasteiger partial charge in [-0.1, -0.05) is 13.0 Å². The van der Waals surface area contributed by atoms with Crippen LogP contribution in [0.4, 0.5) is 8.78 Å². The first-order valence-electron chi connectivity index (χ1n) is 6.91. The first-order chi connectivity index (χ1) is 10.2. The van der Waals surface area contributed by atoms with Gasteiger partial charge in [0.15, 0.2) is 11.6 Å². The minimum Gasteiger partial charge on any atom is -0.484 e. The van der Waals surface area contributed by atoms with Crippen LogP contribution in [0.25, 0.3) is 0 Å². The fourth-order valence-corrected chi connectivity index (χ4v) is 1.79. The minimum absolute atomic E-state index is 0.100. The maximum atomic E-state index is 13.4. The quantitative estimate of drug-likeness (QED) is 0.794. The minimum atomic E-state index is -0.586. The fourth-order valence-electron chi connectivity index (χ4n) is 1.79. The number of pyridine rings is 1. The Morgan fingerprint density at radius 1 is 1.19 bits per heavy atom. The van der Waals surface area contributed by atoms with Crippen LogP contribution in [0.15, 0.2) is 36.5 Å². The Kier molecular flexibility index (Phi) is 5.63. The number of nitrogens with zero attached hydrogens (tertiary/aromatic N) is 1. The van der Waals surface area contributed by atoms with E-state index in [0.717, 1.165) is 43.3 Å². The lowest BCUT2D eigenvalue weighted by Crippen LogP contribution is -2.14. The van der Waals surface area contributed by atoms with Gasteiger partial charge in [0.1, 0.15) is 12.4 Å². The first kappa shape index (κ1) is 15.4. The summed E-state index contributed by atoms with van der Waals surface area (Å²) in [5.41, 5.74) is 1.74. The molecule has 1 N–H and O–H groups in total. The molecule has 0 fully saturated rings. The topological polar surface area (TPSA) is 34.1 Å². The molecule has 1 aromatic heterocycles. The van der Waals surface area contributed by atoms with Gasteiger partial charge in [-0.05, 0) is 36.7 Å². The van der Waals surface area contributed by atoms with Crippen LogP contribution in [-0.4, -0.2) is 11.5 Å². The highest BCUT2D eigenvalue weighted by atomic mass is 19.1. The van der Waals surface area contributed by atoms with Crippen LogP contribution < -0.4 is 10.1 Å². The molecule has 5 heteroatoms. The number of rotatable bonds is 7. The molecule has 0 aliphatic heterocycles. The van der Waals surface area contributed by atoms with Crippen molar-refractivity contribution < 1.29 is 13.5 Å². The monoisotopic (exact) mass is 292 g/mol. The molecule has 2 rings (SSSR count). The summed E-state index contributed by atoms with van der Waals surface area (Å²) in [6.45, 7) is 3.94. The molecule has 0 saturated heterocycles. The molecule has 0 atom stereocenters. The molecule has 0 saturated carbocycles. The second-order valence-electron chi connectivity index (χ2n) is 4.70. The summed E-state index contributed by atoms with van der Waals surface area (Å²) in [7, 11) is 0. The van der Waals surface area contributed by atoms with Crippen LogP contribution >= 0.6 is 0 Å². The molecular weight excluding hydrogens is 274 g/mol. The summed E-state index contributed by atoms with van der Waals surface area (Å²) in [6.07, 6.45) is 2.84. The third-order valence-electron chi connectivity index (χ3n) is 2.91. The van der Waals surface area contributed by atoms with Gasteiger partial charge in [-0.3, -0.25) is 4.98 Å². The molecule has 0 radical (unpaired) electrons. The van der Waals surface area contributed by atoms with Gasteiger partial charge in [0.25, 0.3) is 0 Å². The van der Waals surface area contributed by atoms with Crippen LogP contribution in [-0.2, 0) is 13.2 Å². The van der Waals surface area contributed by atoms with Gasteiger partial charge in [0, 0.05) is 18.8 Å². The zero-order chi connectivity index (χ0) is 15.1. The summed E-state index contributed by atoms with van der Waals surface area (Å²) in [6, 6.07) is 6.88. The average Bonchev–Trinajstić information content (AvgIpc) is 2.50. The van der Waals surface area contributed by atoms with E-state index in [0.29, 0.717) is 5.69 Å². The van der Waals surface area contributed by atoms with Crippen LogP contribution in [0, 0.1) is 11.6 Å². The third kappa shape index (κ3) is 4.79. The van der Waals surface area contributed by atoms with Crippen molar-refractivity contribution in [2.75, 3.05) is 6.54 Å². The second kappa shape index (κ2) is 7.69. The molecular formula is C16H18F2N2O. The van der Waals surface area contributed by atoms with E-state index in [9.17, 15) is 8.78 Å². The smallest absolute Gasteiger partial charge is 0.165 e. The van der Waals surface area contributed by atoms with E-state index in [2.05, 4.69) is 17.2 Å². The van der Waals surface area contributed by atoms with Crippen molar-refractivity contribution in [3.05, 3.63) is 59.4 Å². The standard InChI is InChI=1S/C16H18F2N2O/c1-2-7-19-9-12-3-5-14(20-10-12)11-21-16-8-13(17)4-6-15(16)18/h3-6,8,10,19H,2,7,9,11H2,1H3. The molecule has 21 heavy (non-hydrogen) atoms. The second-order valence-corrected chi connectivity index (χ2v) is 4.70. The van der Waals surface area contributed by atoms with Gasteiger partial charge < -0.3 is 10.1 Å². The summed E-state index contributed by atoms with van der Waals surface area (Å²) in [5, 5.41) is 3.28. The van der Waals surface area contributed by atoms with Crippen LogP contribution in [0.1, 0.15) is 24.6 Å². The molecule has 1 heterocycles. The SMILES string of the molecule is CCCNCc1ccc(COc2cc(F)ccc2F)nc1. The van der Waals surface area contributed by atoms with E-state index in [1.807, 2.05) is 12.1 Å². The molecule has 0 amide bonds. The Morgan fingerprint density at radius 3 is 2.76 bits per heavy atom. The Labute approximate surface area is 123 Å². The van der Waals surface area contributed by atoms with Gasteiger partial charge >= 0.3 is 0 Å². The highest BCUT2D eigenvalue weighted by Gasteiger charge is 2.05. The molecule has 1 aromatic carbocycles. The van der Waals surface area contributed by atoms with E-state index < -0.39 is 11.6 Å². The highest BCUT2D eigenvalue weighted by Crippen LogP contribution is 2.19. The number of halogens is 2. The third-order valence-corrected chi connectivity index (χ3v) is 2.91. The lowest BCUT2D eigenvalue weighted by Gasteiger charge is -2.08. The normalized spacial score (nSPS) is 10.6. The van der Waals surface area contributed by atoms with Crippen LogP contribution in [0.5, 0.6) is 5.75 Å². The molecule has 2 aromatic rings. The molecule has 0 aliphatic carbocycles. The molecule has 0 bridgehead atoms. The largest absolute Gasteiger partial charge is 0.484 e. The number of aromatic nitrogens is 1. The number of ether oxygens (including phenoxy) is 1. The molecule has 0 unspecified atom stereocenters. The Balaban J connectivity index is 1.90. The Bertz CT molecular complexity index is 573. The summed E-state index contributed by atoms with van der Waals surface area (Å²) in [4.78, 5) is 4.24. The van der Waals surface area contributed by atoms with E-state index in [-0.39, 0.29) is 12.4 Å². The van der Waals surface area contributed by atoms with Crippen molar-refractivity contribution in [3.63, 3.8) is 0 Å². The average molecular weight is 292 g/mol. The van der Waals surface area contributed by atoms with Crippen molar-refractivity contribution >= 4 is 0 Å². The van der Waals surface area contributed by atoms with Crippen molar-refractivity contribution in [2.45, 2.75) is 26.5 Å². The van der Waals surface area contributed by atoms with E-state index in [4.69, 9.17) is 4.74 Å². The maximum absolute atomic E-state index is 13.4. The zero-order valence-corrected chi connectivity index (χ0v) is 11.9. The van der Waals surface area contributed by atoms with Crippen LogP contribution in [0.2, 0.25) is 0 Å². The Morgan fingerprint density at radius 2 is 2.05 bits per heavy atom. The molecule has 112 valence electrons. The van der Waals surface area contributed by atoms with E-state index in [1.54, 1.807) is 6.20 Å². The van der Waals surface area contributed by atoms with Crippen molar-refractivity contribution in [1.29, 1.82) is 0 Å². The van der Waals surface area contributed by atoms with E-state index >= 15 is 0 Å². The van der Waals surface area contributed by atoms with Crippen molar-refractivity contribution in [2.24, 2.45) is 0 Å².